The minimum absolute atomic E-state index is 0.0275. The van der Waals surface area contributed by atoms with Gasteiger partial charge in [-0.1, -0.05) is 57.5 Å². The molecule has 1 saturated carbocycles. The van der Waals surface area contributed by atoms with E-state index in [0.29, 0.717) is 24.2 Å². The first kappa shape index (κ1) is 18.0. The van der Waals surface area contributed by atoms with Gasteiger partial charge in [0.05, 0.1) is 0 Å². The van der Waals surface area contributed by atoms with Gasteiger partial charge in [-0.05, 0) is 36.2 Å². The molecular formula is C20H30O3. The summed E-state index contributed by atoms with van der Waals surface area (Å²) in [4.78, 5) is 12.6. The van der Waals surface area contributed by atoms with Crippen molar-refractivity contribution in [2.75, 3.05) is 7.11 Å². The molecule has 0 radical (unpaired) electrons. The lowest BCUT2D eigenvalue weighted by molar-refractivity contribution is -0.167. The van der Waals surface area contributed by atoms with Gasteiger partial charge >= 0.3 is 5.97 Å². The summed E-state index contributed by atoms with van der Waals surface area (Å²) in [5.41, 5.74) is 1.09. The molecule has 2 rings (SSSR count). The lowest BCUT2D eigenvalue weighted by Gasteiger charge is -2.37. The Kier molecular flexibility index (Phi) is 6.64. The quantitative estimate of drug-likeness (QED) is 0.736. The number of carbonyl (C=O) groups excluding carboxylic acids is 1. The van der Waals surface area contributed by atoms with Crippen LogP contribution in [0.4, 0.5) is 0 Å². The summed E-state index contributed by atoms with van der Waals surface area (Å²) in [6.45, 7) is 6.69. The summed E-state index contributed by atoms with van der Waals surface area (Å²) < 4.78 is 11.3. The molecule has 128 valence electrons. The second kappa shape index (κ2) is 8.49. The topological polar surface area (TPSA) is 35.5 Å². The Balaban J connectivity index is 1.99. The fourth-order valence-electron chi connectivity index (χ4n) is 3.57. The predicted octanol–water partition coefficient (Wildman–Crippen LogP) is 4.25. The zero-order valence-electron chi connectivity index (χ0n) is 14.8. The molecule has 0 amide bonds. The van der Waals surface area contributed by atoms with Crippen molar-refractivity contribution < 1.29 is 14.3 Å². The van der Waals surface area contributed by atoms with Crippen molar-refractivity contribution >= 4 is 5.97 Å². The van der Waals surface area contributed by atoms with Gasteiger partial charge in [-0.2, -0.15) is 0 Å². The van der Waals surface area contributed by atoms with E-state index in [-0.39, 0.29) is 12.1 Å². The first-order valence-corrected chi connectivity index (χ1v) is 8.78. The van der Waals surface area contributed by atoms with Crippen molar-refractivity contribution in [3.63, 3.8) is 0 Å². The maximum absolute atomic E-state index is 12.6. The van der Waals surface area contributed by atoms with Crippen LogP contribution in [0, 0.1) is 17.8 Å². The number of benzene rings is 1. The molecule has 0 aromatic heterocycles. The second-order valence-corrected chi connectivity index (χ2v) is 7.22. The Bertz CT molecular complexity index is 483. The van der Waals surface area contributed by atoms with Crippen LogP contribution in [0.25, 0.3) is 0 Å². The Morgan fingerprint density at radius 2 is 1.91 bits per heavy atom. The lowest BCUT2D eigenvalue weighted by atomic mass is 9.75. The van der Waals surface area contributed by atoms with Crippen molar-refractivity contribution in [2.45, 2.75) is 58.7 Å². The van der Waals surface area contributed by atoms with Gasteiger partial charge in [0.1, 0.15) is 6.10 Å². The van der Waals surface area contributed by atoms with Gasteiger partial charge in [-0.25, -0.2) is 4.79 Å². The van der Waals surface area contributed by atoms with Crippen LogP contribution in [0.3, 0.4) is 0 Å². The zero-order chi connectivity index (χ0) is 16.8. The summed E-state index contributed by atoms with van der Waals surface area (Å²) in [6.07, 6.45) is 3.41. The standard InChI is InChI=1S/C20H30O3/c1-14(2)17-11-10-15(3)12-18(17)23-20(21)19(22-4)13-16-8-6-5-7-9-16/h5-9,14-15,17-19H,10-13H2,1-4H3/t15-,17+,18-,19-/m0/s1. The second-order valence-electron chi connectivity index (χ2n) is 7.22. The molecular weight excluding hydrogens is 288 g/mol. The zero-order valence-corrected chi connectivity index (χ0v) is 14.8. The number of carbonyl (C=O) groups is 1. The molecule has 1 aromatic rings. The minimum atomic E-state index is -0.526. The van der Waals surface area contributed by atoms with Gasteiger partial charge in [0.2, 0.25) is 0 Å². The Labute approximate surface area is 140 Å². The van der Waals surface area contributed by atoms with Crippen LogP contribution < -0.4 is 0 Å². The average Bonchev–Trinajstić information content (AvgIpc) is 2.53. The summed E-state index contributed by atoms with van der Waals surface area (Å²) in [5, 5.41) is 0. The van der Waals surface area contributed by atoms with Crippen LogP contribution in [-0.2, 0) is 20.7 Å². The molecule has 0 saturated heterocycles. The van der Waals surface area contributed by atoms with Crippen LogP contribution in [0.5, 0.6) is 0 Å². The third-order valence-electron chi connectivity index (χ3n) is 5.04. The Morgan fingerprint density at radius 1 is 1.22 bits per heavy atom. The largest absolute Gasteiger partial charge is 0.460 e. The summed E-state index contributed by atoms with van der Waals surface area (Å²) in [7, 11) is 1.58. The number of hydrogen-bond acceptors (Lipinski definition) is 3. The van der Waals surface area contributed by atoms with Crippen LogP contribution in [0.1, 0.15) is 45.6 Å². The van der Waals surface area contributed by atoms with Crippen molar-refractivity contribution in [3.8, 4) is 0 Å². The lowest BCUT2D eigenvalue weighted by Crippen LogP contribution is -2.39. The molecule has 0 heterocycles. The highest BCUT2D eigenvalue weighted by Gasteiger charge is 2.35. The van der Waals surface area contributed by atoms with E-state index in [1.807, 2.05) is 30.3 Å². The monoisotopic (exact) mass is 318 g/mol. The van der Waals surface area contributed by atoms with Crippen LogP contribution in [0.15, 0.2) is 30.3 Å². The van der Waals surface area contributed by atoms with Crippen LogP contribution >= 0.6 is 0 Å². The summed E-state index contributed by atoms with van der Waals surface area (Å²) in [5.74, 6) is 1.40. The first-order chi connectivity index (χ1) is 11.0. The highest BCUT2D eigenvalue weighted by Crippen LogP contribution is 2.35. The van der Waals surface area contributed by atoms with Crippen molar-refractivity contribution in [2.24, 2.45) is 17.8 Å². The molecule has 0 aliphatic heterocycles. The third kappa shape index (κ3) is 5.07. The normalized spacial score (nSPS) is 26.0. The van der Waals surface area contributed by atoms with Gasteiger partial charge in [0.15, 0.2) is 6.10 Å². The molecule has 1 aliphatic rings. The highest BCUT2D eigenvalue weighted by atomic mass is 16.6. The number of ether oxygens (including phenoxy) is 2. The van der Waals surface area contributed by atoms with E-state index < -0.39 is 6.10 Å². The van der Waals surface area contributed by atoms with E-state index in [1.54, 1.807) is 7.11 Å². The smallest absolute Gasteiger partial charge is 0.335 e. The van der Waals surface area contributed by atoms with E-state index in [0.717, 1.165) is 18.4 Å². The molecule has 0 spiro atoms. The van der Waals surface area contributed by atoms with E-state index in [2.05, 4.69) is 20.8 Å². The first-order valence-electron chi connectivity index (χ1n) is 8.78. The molecule has 0 unspecified atom stereocenters. The minimum Gasteiger partial charge on any atom is -0.460 e. The Hall–Kier alpha value is -1.35. The highest BCUT2D eigenvalue weighted by molar-refractivity contribution is 5.75. The third-order valence-corrected chi connectivity index (χ3v) is 5.04. The molecule has 23 heavy (non-hydrogen) atoms. The van der Waals surface area contributed by atoms with Crippen LogP contribution in [0.2, 0.25) is 0 Å². The maximum Gasteiger partial charge on any atom is 0.335 e. The number of methoxy groups -OCH3 is 1. The molecule has 3 nitrogen and oxygen atoms in total. The van der Waals surface area contributed by atoms with Gasteiger partial charge in [0, 0.05) is 13.5 Å². The molecule has 1 fully saturated rings. The van der Waals surface area contributed by atoms with Gasteiger partial charge in [-0.3, -0.25) is 0 Å². The SMILES string of the molecule is CO[C@@H](Cc1ccccc1)C(=O)O[C@H]1C[C@@H](C)CC[C@@H]1C(C)C. The molecule has 4 atom stereocenters. The van der Waals surface area contributed by atoms with Crippen molar-refractivity contribution in [1.82, 2.24) is 0 Å². The van der Waals surface area contributed by atoms with E-state index >= 15 is 0 Å². The molecule has 1 aromatic carbocycles. The predicted molar refractivity (Wildman–Crippen MR) is 92.2 cm³/mol. The summed E-state index contributed by atoms with van der Waals surface area (Å²) >= 11 is 0. The summed E-state index contributed by atoms with van der Waals surface area (Å²) in [6, 6.07) is 9.95. The van der Waals surface area contributed by atoms with Crippen LogP contribution in [-0.4, -0.2) is 25.3 Å². The van der Waals surface area contributed by atoms with Crippen molar-refractivity contribution in [3.05, 3.63) is 35.9 Å². The van der Waals surface area contributed by atoms with E-state index in [4.69, 9.17) is 9.47 Å². The maximum atomic E-state index is 12.6. The van der Waals surface area contributed by atoms with Crippen molar-refractivity contribution in [1.29, 1.82) is 0 Å². The molecule has 3 heteroatoms. The fraction of sp³-hybridized carbons (Fsp3) is 0.650. The Morgan fingerprint density at radius 3 is 2.52 bits per heavy atom. The molecule has 0 N–H and O–H groups in total. The average molecular weight is 318 g/mol. The van der Waals surface area contributed by atoms with Gasteiger partial charge in [-0.15, -0.1) is 0 Å². The molecule has 1 aliphatic carbocycles. The number of hydrogen-bond donors (Lipinski definition) is 0. The van der Waals surface area contributed by atoms with Gasteiger partial charge < -0.3 is 9.47 Å². The number of esters is 1. The van der Waals surface area contributed by atoms with Gasteiger partial charge in [0.25, 0.3) is 0 Å². The van der Waals surface area contributed by atoms with E-state index in [9.17, 15) is 4.79 Å². The fourth-order valence-corrected chi connectivity index (χ4v) is 3.57. The number of rotatable bonds is 6. The van der Waals surface area contributed by atoms with E-state index in [1.165, 1.54) is 6.42 Å². The molecule has 0 bridgehead atoms.